The van der Waals surface area contributed by atoms with E-state index in [0.29, 0.717) is 17.7 Å². The van der Waals surface area contributed by atoms with Crippen molar-refractivity contribution in [3.8, 4) is 11.5 Å². The number of likely N-dealkylation sites (N-methyl/N-ethyl adjacent to an activating group) is 1. The number of benzene rings is 2. The Morgan fingerprint density at radius 1 is 1.13 bits per heavy atom. The molecule has 2 aromatic rings. The third-order valence-corrected chi connectivity index (χ3v) is 4.14. The van der Waals surface area contributed by atoms with Crippen LogP contribution in [0, 0.1) is 0 Å². The van der Waals surface area contributed by atoms with E-state index >= 15 is 0 Å². The van der Waals surface area contributed by atoms with Crippen LogP contribution < -0.4 is 14.8 Å². The Bertz CT molecular complexity index is 899. The molecule has 0 unspecified atom stereocenters. The topological polar surface area (TPSA) is 67.9 Å². The molecule has 2 rings (SSSR count). The van der Waals surface area contributed by atoms with Crippen molar-refractivity contribution in [2.24, 2.45) is 0 Å². The van der Waals surface area contributed by atoms with Gasteiger partial charge in [-0.05, 0) is 48.4 Å². The molecule has 0 bridgehead atoms. The molecule has 8 heteroatoms. The van der Waals surface area contributed by atoms with Gasteiger partial charge in [-0.2, -0.15) is 8.78 Å². The summed E-state index contributed by atoms with van der Waals surface area (Å²) in [6.45, 7) is -0.574. The summed E-state index contributed by atoms with van der Waals surface area (Å²) in [4.78, 5) is 25.5. The third-order valence-electron chi connectivity index (χ3n) is 4.14. The summed E-state index contributed by atoms with van der Waals surface area (Å²) >= 11 is 0. The molecule has 0 saturated heterocycles. The summed E-state index contributed by atoms with van der Waals surface area (Å²) in [6, 6.07) is 11.4. The first-order valence-electron chi connectivity index (χ1n) is 9.30. The van der Waals surface area contributed by atoms with E-state index in [1.165, 1.54) is 23.1 Å². The molecule has 2 amide bonds. The average molecular weight is 418 g/mol. The number of hydrogen-bond donors (Lipinski definition) is 1. The molecule has 0 radical (unpaired) electrons. The average Bonchev–Trinajstić information content (AvgIpc) is 2.73. The number of halogens is 2. The quantitative estimate of drug-likeness (QED) is 0.631. The molecule has 0 saturated carbocycles. The number of alkyl halides is 2. The predicted molar refractivity (Wildman–Crippen MR) is 110 cm³/mol. The van der Waals surface area contributed by atoms with Crippen molar-refractivity contribution in [3.63, 3.8) is 0 Å². The van der Waals surface area contributed by atoms with E-state index < -0.39 is 6.61 Å². The number of nitrogens with one attached hydrogen (secondary N) is 1. The highest BCUT2D eigenvalue weighted by atomic mass is 19.3. The maximum Gasteiger partial charge on any atom is 0.387 e. The number of ether oxygens (including phenoxy) is 2. The first kappa shape index (κ1) is 22.9. The van der Waals surface area contributed by atoms with Crippen LogP contribution in [0.4, 0.5) is 8.78 Å². The third kappa shape index (κ3) is 6.58. The van der Waals surface area contributed by atoms with Crippen LogP contribution in [0.2, 0.25) is 0 Å². The van der Waals surface area contributed by atoms with Gasteiger partial charge >= 0.3 is 6.61 Å². The van der Waals surface area contributed by atoms with Crippen molar-refractivity contribution in [1.29, 1.82) is 0 Å². The second kappa shape index (κ2) is 10.9. The van der Waals surface area contributed by atoms with Gasteiger partial charge in [-0.15, -0.1) is 0 Å². The van der Waals surface area contributed by atoms with Crippen LogP contribution in [0.25, 0.3) is 6.08 Å². The molecule has 30 heavy (non-hydrogen) atoms. The van der Waals surface area contributed by atoms with Crippen LogP contribution in [-0.2, 0) is 11.3 Å². The summed E-state index contributed by atoms with van der Waals surface area (Å²) in [6.07, 6.45) is 2.96. The zero-order valence-corrected chi connectivity index (χ0v) is 17.0. The van der Waals surface area contributed by atoms with Gasteiger partial charge in [0.1, 0.15) is 0 Å². The van der Waals surface area contributed by atoms with Crippen LogP contribution in [-0.4, -0.2) is 44.0 Å². The second-order valence-corrected chi connectivity index (χ2v) is 6.32. The SMILES string of the molecule is CCOc1cc(/C=C/C(=O)N(C)Cc2ccc(C(=O)NC)cc2)ccc1OC(F)F. The van der Waals surface area contributed by atoms with Gasteiger partial charge in [-0.25, -0.2) is 0 Å². The fourth-order valence-corrected chi connectivity index (χ4v) is 2.64. The maximum absolute atomic E-state index is 12.5. The van der Waals surface area contributed by atoms with Gasteiger partial charge in [0.2, 0.25) is 5.91 Å². The van der Waals surface area contributed by atoms with E-state index in [1.54, 1.807) is 57.4 Å². The zero-order chi connectivity index (χ0) is 22.1. The van der Waals surface area contributed by atoms with Crippen LogP contribution in [0.5, 0.6) is 11.5 Å². The molecule has 0 aliphatic heterocycles. The monoisotopic (exact) mass is 418 g/mol. The van der Waals surface area contributed by atoms with E-state index in [9.17, 15) is 18.4 Å². The van der Waals surface area contributed by atoms with Crippen LogP contribution in [0.3, 0.4) is 0 Å². The van der Waals surface area contributed by atoms with Crippen molar-refractivity contribution >= 4 is 17.9 Å². The highest BCUT2D eigenvalue weighted by molar-refractivity contribution is 5.94. The minimum absolute atomic E-state index is 0.0624. The summed E-state index contributed by atoms with van der Waals surface area (Å²) in [5.74, 6) is -0.300. The molecule has 6 nitrogen and oxygen atoms in total. The lowest BCUT2D eigenvalue weighted by Gasteiger charge is -2.15. The maximum atomic E-state index is 12.5. The number of amides is 2. The van der Waals surface area contributed by atoms with Gasteiger partial charge in [-0.3, -0.25) is 9.59 Å². The van der Waals surface area contributed by atoms with E-state index in [0.717, 1.165) is 5.56 Å². The molecule has 2 aromatic carbocycles. The van der Waals surface area contributed by atoms with Gasteiger partial charge in [0, 0.05) is 32.3 Å². The first-order chi connectivity index (χ1) is 14.3. The van der Waals surface area contributed by atoms with E-state index in [1.807, 2.05) is 0 Å². The van der Waals surface area contributed by atoms with Gasteiger partial charge < -0.3 is 19.7 Å². The van der Waals surface area contributed by atoms with Crippen molar-refractivity contribution in [3.05, 3.63) is 65.2 Å². The molecule has 1 N–H and O–H groups in total. The lowest BCUT2D eigenvalue weighted by atomic mass is 10.1. The Morgan fingerprint density at radius 3 is 2.43 bits per heavy atom. The Labute approximate surface area is 174 Å². The molecular weight excluding hydrogens is 394 g/mol. The Kier molecular flexibility index (Phi) is 8.34. The lowest BCUT2D eigenvalue weighted by Crippen LogP contribution is -2.24. The summed E-state index contributed by atoms with van der Waals surface area (Å²) in [7, 11) is 3.22. The summed E-state index contributed by atoms with van der Waals surface area (Å²) < 4.78 is 34.7. The van der Waals surface area contributed by atoms with Gasteiger partial charge in [0.15, 0.2) is 11.5 Å². The molecular formula is C22H24F2N2O4. The molecule has 0 spiro atoms. The Morgan fingerprint density at radius 2 is 1.83 bits per heavy atom. The molecule has 0 fully saturated rings. The first-order valence-corrected chi connectivity index (χ1v) is 9.30. The lowest BCUT2D eigenvalue weighted by molar-refractivity contribution is -0.125. The summed E-state index contributed by atoms with van der Waals surface area (Å²) in [5, 5.41) is 2.55. The number of carbonyl (C=O) groups is 2. The van der Waals surface area contributed by atoms with Gasteiger partial charge in [0.05, 0.1) is 6.61 Å². The number of rotatable bonds is 9. The summed E-state index contributed by atoms with van der Waals surface area (Å²) in [5.41, 5.74) is 2.02. The van der Waals surface area contributed by atoms with Gasteiger partial charge in [-0.1, -0.05) is 18.2 Å². The van der Waals surface area contributed by atoms with E-state index in [2.05, 4.69) is 10.1 Å². The minimum atomic E-state index is -2.95. The van der Waals surface area contributed by atoms with Crippen molar-refractivity contribution in [2.75, 3.05) is 20.7 Å². The number of nitrogens with zero attached hydrogens (tertiary/aromatic N) is 1. The smallest absolute Gasteiger partial charge is 0.387 e. The van der Waals surface area contributed by atoms with E-state index in [4.69, 9.17) is 4.74 Å². The van der Waals surface area contributed by atoms with Crippen molar-refractivity contribution < 1.29 is 27.8 Å². The molecule has 0 heterocycles. The molecule has 0 aliphatic rings. The second-order valence-electron chi connectivity index (χ2n) is 6.32. The van der Waals surface area contributed by atoms with Crippen LogP contribution in [0.15, 0.2) is 48.5 Å². The molecule has 160 valence electrons. The zero-order valence-electron chi connectivity index (χ0n) is 17.0. The van der Waals surface area contributed by atoms with Crippen LogP contribution in [0.1, 0.15) is 28.4 Å². The van der Waals surface area contributed by atoms with Crippen molar-refractivity contribution in [1.82, 2.24) is 10.2 Å². The fraction of sp³-hybridized carbons (Fsp3) is 0.273. The number of hydrogen-bond acceptors (Lipinski definition) is 4. The standard InChI is InChI=1S/C22H24F2N2O4/c1-4-29-19-13-15(7-11-18(19)30-22(23)24)8-12-20(27)26(3)14-16-5-9-17(10-6-16)21(28)25-2/h5-13,22H,4,14H2,1-3H3,(H,25,28)/b12-8+. The molecule has 0 atom stereocenters. The minimum Gasteiger partial charge on any atom is -0.490 e. The highest BCUT2D eigenvalue weighted by Gasteiger charge is 2.12. The normalized spacial score (nSPS) is 10.9. The fourth-order valence-electron chi connectivity index (χ4n) is 2.64. The van der Waals surface area contributed by atoms with Gasteiger partial charge in [0.25, 0.3) is 5.91 Å². The van der Waals surface area contributed by atoms with Crippen molar-refractivity contribution in [2.45, 2.75) is 20.1 Å². The van der Waals surface area contributed by atoms with E-state index in [-0.39, 0.29) is 29.9 Å². The number of carbonyl (C=O) groups excluding carboxylic acids is 2. The Balaban J connectivity index is 2.03. The largest absolute Gasteiger partial charge is 0.490 e. The van der Waals surface area contributed by atoms with Crippen LogP contribution >= 0.6 is 0 Å². The highest BCUT2D eigenvalue weighted by Crippen LogP contribution is 2.30. The molecule has 0 aromatic heterocycles. The predicted octanol–water partition coefficient (Wildman–Crippen LogP) is 3.72. The molecule has 0 aliphatic carbocycles. The Hall–Kier alpha value is -3.42.